The monoisotopic (exact) mass is 1340 g/mol. The normalized spacial score (nSPS) is 17.0. The molecule has 8 rings (SSSR count). The average molecular weight is 1340 g/mol. The number of carbonyl (C=O) groups excluding carboxylic acids is 10. The van der Waals surface area contributed by atoms with E-state index in [1.54, 1.807) is 40.2 Å². The molecule has 97 heavy (non-hydrogen) atoms. The van der Waals surface area contributed by atoms with Gasteiger partial charge in [0.05, 0.1) is 49.2 Å². The molecule has 3 aromatic heterocycles. The number of nitrogens with two attached hydrogens (primary N) is 2. The van der Waals surface area contributed by atoms with E-state index in [2.05, 4.69) is 73.4 Å². The first kappa shape index (κ1) is 73.4. The molecule has 2 saturated heterocycles. The molecule has 0 saturated carbocycles. The maximum atomic E-state index is 15.2. The molecule has 9 atom stereocenters. The maximum absolute atomic E-state index is 15.2. The summed E-state index contributed by atoms with van der Waals surface area (Å²) in [7, 11) is 0. The number of imidazole rings is 2. The number of aromatic hydroxyl groups is 1. The molecule has 0 radical (unpaired) electrons. The van der Waals surface area contributed by atoms with E-state index < -0.39 is 126 Å². The first-order valence-corrected chi connectivity index (χ1v) is 32.8. The molecule has 2 aliphatic rings. The summed E-state index contributed by atoms with van der Waals surface area (Å²) in [5, 5.41) is 43.0. The first-order chi connectivity index (χ1) is 46.7. The lowest BCUT2D eigenvalue weighted by Crippen LogP contribution is -2.62. The molecule has 5 heterocycles. The minimum absolute atomic E-state index is 0.0168. The molecule has 6 amide bonds. The van der Waals surface area contributed by atoms with Crippen LogP contribution in [0, 0.1) is 5.92 Å². The van der Waals surface area contributed by atoms with Gasteiger partial charge in [-0.1, -0.05) is 81.4 Å². The Bertz CT molecular complexity index is 3640. The molecule has 18 N–H and O–H groups in total. The molecular weight excluding hydrogens is 1250 g/mol. The van der Waals surface area contributed by atoms with Crippen molar-refractivity contribution in [2.45, 2.75) is 165 Å². The number of aromatic nitrogens is 5. The van der Waals surface area contributed by atoms with Crippen molar-refractivity contribution in [2.75, 3.05) is 26.2 Å². The number of aliphatic hydroxyl groups excluding tert-OH is 1. The van der Waals surface area contributed by atoms with Crippen LogP contribution in [0.5, 0.6) is 5.75 Å². The lowest BCUT2D eigenvalue weighted by molar-refractivity contribution is -0.142. The Morgan fingerprint density at radius 1 is 0.711 bits per heavy atom. The number of hydrogen-bond acceptors (Lipinski definition) is 21. The summed E-state index contributed by atoms with van der Waals surface area (Å²) in [6.07, 6.45) is 7.26. The second-order valence-electron chi connectivity index (χ2n) is 24.9. The molecule has 2 aliphatic heterocycles. The number of fused-ring (bicyclic) bond motifs is 1. The highest BCUT2D eigenvalue weighted by atomic mass is 16.3. The second-order valence-corrected chi connectivity index (χ2v) is 24.9. The van der Waals surface area contributed by atoms with Crippen LogP contribution in [0.25, 0.3) is 10.9 Å². The van der Waals surface area contributed by atoms with Crippen LogP contribution >= 0.6 is 0 Å². The predicted molar refractivity (Wildman–Crippen MR) is 356 cm³/mol. The summed E-state index contributed by atoms with van der Waals surface area (Å²) in [6, 6.07) is 11.1. The summed E-state index contributed by atoms with van der Waals surface area (Å²) in [6.45, 7) is 6.25. The fourth-order valence-electron chi connectivity index (χ4n) is 11.8. The van der Waals surface area contributed by atoms with Gasteiger partial charge in [-0.3, -0.25) is 58.7 Å². The Hall–Kier alpha value is -9.40. The number of H-pyrrole nitrogens is 2. The van der Waals surface area contributed by atoms with E-state index in [4.69, 9.17) is 11.5 Å². The Kier molecular flexibility index (Phi) is 27.3. The van der Waals surface area contributed by atoms with Crippen LogP contribution < -0.4 is 65.0 Å². The minimum Gasteiger partial charge on any atom is -0.508 e. The van der Waals surface area contributed by atoms with Crippen LogP contribution in [0.15, 0.2) is 110 Å². The van der Waals surface area contributed by atoms with Crippen LogP contribution in [-0.4, -0.2) is 185 Å². The Morgan fingerprint density at radius 3 is 2.07 bits per heavy atom. The number of hydrazine groups is 2. The standard InChI is InChI=1S/C67H90N18O12/c1-4-75-85-26-11-17-55(85)61(92)60(91)47(16-10-24-72-67(68)69)77-63(94)51(28-39(2)3)80-64(95)52(32-58-71-25-27-84(58)36-41-12-6-5-7-13-41)81-65(96)53(29-40-18-20-44(87)21-19-40)82-83-54(37-86)66(97)78-49(30-42-34-73-46-15-9-8-14-45(42)46)56(88)33-57(89)50(31-43-35-70-38-74-43)79-62(93)48-22-23-59(90)76-48/h5-9,12-15,18-21,25,27,34-35,38-39,47-55,67,72-73,75,82-83,86-87H,4,10-11,16-17,22-24,26,28-33,36-37,68-69H2,1-3H3,(H,70,74)(H,76,90)(H,77,94)(H,78,97)(H,79,93)(H,80,95)(H,81,96)/t47-,48?,49-,50-,51-,52?,53-,54-,55-/m0/s1. The number of carbonyl (C=O) groups is 10. The number of para-hydroxylation sites is 1. The number of aliphatic hydroxyl groups is 1. The third-order valence-electron chi connectivity index (χ3n) is 17.0. The average Bonchev–Trinajstić information content (AvgIpc) is 1.75. The maximum Gasteiger partial charge on any atom is 0.243 e. The van der Waals surface area contributed by atoms with Gasteiger partial charge in [0, 0.05) is 81.0 Å². The van der Waals surface area contributed by atoms with Crippen molar-refractivity contribution in [3.05, 3.63) is 138 Å². The number of amides is 6. The van der Waals surface area contributed by atoms with Gasteiger partial charge in [0.1, 0.15) is 48.1 Å². The highest BCUT2D eigenvalue weighted by molar-refractivity contribution is 6.41. The number of aromatic amines is 2. The third-order valence-corrected chi connectivity index (χ3v) is 17.0. The topological polar surface area (TPSA) is 449 Å². The summed E-state index contributed by atoms with van der Waals surface area (Å²) >= 11 is 0. The van der Waals surface area contributed by atoms with Crippen molar-refractivity contribution in [2.24, 2.45) is 17.4 Å². The van der Waals surface area contributed by atoms with E-state index in [-0.39, 0.29) is 81.9 Å². The number of nitrogens with one attached hydrogen (secondary N) is 12. The number of rotatable bonds is 40. The number of phenolic OH excluding ortho intramolecular Hbond substituents is 1. The molecule has 0 bridgehead atoms. The smallest absolute Gasteiger partial charge is 0.243 e. The molecule has 30 heteroatoms. The van der Waals surface area contributed by atoms with E-state index in [1.165, 1.54) is 30.9 Å². The summed E-state index contributed by atoms with van der Waals surface area (Å²) in [5.41, 5.74) is 23.3. The second kappa shape index (κ2) is 36.1. The number of nitrogens with zero attached hydrogens (tertiary/aromatic N) is 4. The van der Waals surface area contributed by atoms with Crippen molar-refractivity contribution >= 4 is 69.5 Å². The highest BCUT2D eigenvalue weighted by Crippen LogP contribution is 2.22. The van der Waals surface area contributed by atoms with Gasteiger partial charge in [-0.25, -0.2) is 25.8 Å². The Labute approximate surface area is 561 Å². The molecule has 30 nitrogen and oxygen atoms in total. The van der Waals surface area contributed by atoms with Gasteiger partial charge >= 0.3 is 0 Å². The quantitative estimate of drug-likeness (QED) is 0.00714. The lowest BCUT2D eigenvalue weighted by atomic mass is 9.95. The zero-order valence-corrected chi connectivity index (χ0v) is 54.7. The number of phenols is 1. The van der Waals surface area contributed by atoms with Crippen molar-refractivity contribution < 1.29 is 58.2 Å². The van der Waals surface area contributed by atoms with Crippen molar-refractivity contribution in [3.63, 3.8) is 0 Å². The number of hydrogen-bond donors (Lipinski definition) is 16. The molecule has 2 unspecified atom stereocenters. The molecule has 3 aromatic carbocycles. The molecule has 0 spiro atoms. The molecule has 520 valence electrons. The van der Waals surface area contributed by atoms with Gasteiger partial charge in [0.2, 0.25) is 47.0 Å². The lowest BCUT2D eigenvalue weighted by Gasteiger charge is -2.28. The van der Waals surface area contributed by atoms with E-state index in [9.17, 15) is 48.6 Å². The number of Topliss-reactive ketones (excluding diaryl/α,β-unsaturated/α-hetero) is 4. The zero-order valence-electron chi connectivity index (χ0n) is 54.7. The van der Waals surface area contributed by atoms with Crippen LogP contribution in [0.4, 0.5) is 0 Å². The van der Waals surface area contributed by atoms with Crippen LogP contribution in [0.1, 0.15) is 100 Å². The fourth-order valence-corrected chi connectivity index (χ4v) is 11.8. The van der Waals surface area contributed by atoms with Crippen LogP contribution in [0.2, 0.25) is 0 Å². The molecule has 2 fully saturated rings. The van der Waals surface area contributed by atoms with E-state index in [0.717, 1.165) is 11.1 Å². The SMILES string of the molecule is CCNN1CCC[C@H]1C(=O)C(=O)[C@H](CCCNC(N)N)NC(=O)[C@H](CC(C)C)NC(=O)C(Cc1nccn1Cc1ccccc1)NC(=O)[C@H](Cc1ccc(O)cc1)NN[C@@H](CO)C(=O)N[C@@H](Cc1c[nH]c2ccccc12)C(=O)CC(=O)[C@H](Cc1c[nH]cn1)NC(=O)C1CCC(=O)N1. The van der Waals surface area contributed by atoms with Gasteiger partial charge in [-0.05, 0) is 92.3 Å². The summed E-state index contributed by atoms with van der Waals surface area (Å²) in [4.78, 5) is 157. The predicted octanol–water partition coefficient (Wildman–Crippen LogP) is -1.09. The van der Waals surface area contributed by atoms with Gasteiger partial charge in [0.15, 0.2) is 11.6 Å². The Balaban J connectivity index is 1.04. The van der Waals surface area contributed by atoms with Crippen LogP contribution in [-0.2, 0) is 80.2 Å². The van der Waals surface area contributed by atoms with Crippen molar-refractivity contribution in [1.82, 2.24) is 83.0 Å². The van der Waals surface area contributed by atoms with E-state index >= 15 is 9.59 Å². The van der Waals surface area contributed by atoms with Gasteiger partial charge in [-0.2, -0.15) is 0 Å². The minimum atomic E-state index is -1.61. The summed E-state index contributed by atoms with van der Waals surface area (Å²) in [5.74, 6) is -7.24. The fraction of sp³-hybridized carbons (Fsp3) is 0.463. The zero-order chi connectivity index (χ0) is 69.5. The van der Waals surface area contributed by atoms with Gasteiger partial charge in [0.25, 0.3) is 0 Å². The number of benzene rings is 3. The van der Waals surface area contributed by atoms with Crippen molar-refractivity contribution in [3.8, 4) is 5.75 Å². The van der Waals surface area contributed by atoms with E-state index in [0.29, 0.717) is 60.5 Å². The highest BCUT2D eigenvalue weighted by Gasteiger charge is 2.40. The van der Waals surface area contributed by atoms with Gasteiger partial charge in [-0.15, -0.1) is 0 Å². The van der Waals surface area contributed by atoms with Crippen LogP contribution in [0.3, 0.4) is 0 Å². The van der Waals surface area contributed by atoms with Crippen molar-refractivity contribution in [1.29, 1.82) is 0 Å². The molecule has 0 aliphatic carbocycles. The first-order valence-electron chi connectivity index (χ1n) is 32.8. The number of ketones is 4. The molecule has 6 aromatic rings. The third kappa shape index (κ3) is 21.5. The van der Waals surface area contributed by atoms with Gasteiger partial charge < -0.3 is 68.1 Å². The van der Waals surface area contributed by atoms with E-state index in [1.807, 2.05) is 69.3 Å². The molecular formula is C67H90N18O12. The summed E-state index contributed by atoms with van der Waals surface area (Å²) < 4.78 is 1.79. The largest absolute Gasteiger partial charge is 0.508 e. The Morgan fingerprint density at radius 2 is 1.38 bits per heavy atom.